The number of halogens is 2. The number of imide groups is 1. The van der Waals surface area contributed by atoms with Crippen molar-refractivity contribution in [2.24, 2.45) is 0 Å². The molecule has 1 spiro atoms. The molecule has 0 atom stereocenters. The van der Waals surface area contributed by atoms with E-state index in [1.807, 2.05) is 0 Å². The highest BCUT2D eigenvalue weighted by molar-refractivity contribution is 6.07. The van der Waals surface area contributed by atoms with Crippen LogP contribution in [0.2, 0.25) is 0 Å². The van der Waals surface area contributed by atoms with Gasteiger partial charge in [-0.3, -0.25) is 14.7 Å². The Labute approximate surface area is 146 Å². The highest BCUT2D eigenvalue weighted by Crippen LogP contribution is 2.35. The van der Waals surface area contributed by atoms with E-state index in [1.54, 1.807) is 0 Å². The summed E-state index contributed by atoms with van der Waals surface area (Å²) in [6, 6.07) is 2.11. The molecule has 0 unspecified atom stereocenters. The Morgan fingerprint density at radius 1 is 1.27 bits per heavy atom. The summed E-state index contributed by atoms with van der Waals surface area (Å²) in [5.41, 5.74) is -0.748. The van der Waals surface area contributed by atoms with Gasteiger partial charge in [0.15, 0.2) is 0 Å². The molecular weight excluding hydrogens is 348 g/mol. The first-order valence-electron chi connectivity index (χ1n) is 8.20. The summed E-state index contributed by atoms with van der Waals surface area (Å²) in [4.78, 5) is 33.6. The second-order valence-electron chi connectivity index (χ2n) is 6.39. The molecule has 2 aromatic rings. The number of urea groups is 1. The minimum atomic E-state index is -2.66. The third-order valence-electron chi connectivity index (χ3n) is 4.73. The molecule has 136 valence electrons. The van der Waals surface area contributed by atoms with E-state index in [2.05, 4.69) is 20.4 Å². The lowest BCUT2D eigenvalue weighted by atomic mass is 9.98. The molecule has 0 bridgehead atoms. The number of alkyl halides is 2. The molecule has 1 saturated carbocycles. The zero-order chi connectivity index (χ0) is 18.3. The zero-order valence-electron chi connectivity index (χ0n) is 13.6. The van der Waals surface area contributed by atoms with Crippen LogP contribution in [0.3, 0.4) is 0 Å². The summed E-state index contributed by atoms with van der Waals surface area (Å²) in [5.74, 6) is -0.0462. The summed E-state index contributed by atoms with van der Waals surface area (Å²) in [6.45, 7) is -0.137. The van der Waals surface area contributed by atoms with Crippen molar-refractivity contribution in [2.75, 3.05) is 0 Å². The Balaban J connectivity index is 1.50. The molecule has 1 aliphatic carbocycles. The van der Waals surface area contributed by atoms with Crippen molar-refractivity contribution in [2.45, 2.75) is 44.2 Å². The van der Waals surface area contributed by atoms with E-state index in [1.165, 1.54) is 18.3 Å². The number of carbonyl (C=O) groups excluding carboxylic acids is 2. The summed E-state index contributed by atoms with van der Waals surface area (Å²) >= 11 is 0. The number of aromatic nitrogens is 3. The largest absolute Gasteiger partial charge is 0.337 e. The first-order valence-corrected chi connectivity index (χ1v) is 8.20. The van der Waals surface area contributed by atoms with Crippen molar-refractivity contribution in [1.82, 2.24) is 25.3 Å². The summed E-state index contributed by atoms with van der Waals surface area (Å²) < 4.78 is 30.2. The Hall–Kier alpha value is -2.91. The molecule has 4 rings (SSSR count). The lowest BCUT2D eigenvalue weighted by Gasteiger charge is -2.19. The predicted molar refractivity (Wildman–Crippen MR) is 82.8 cm³/mol. The van der Waals surface area contributed by atoms with Gasteiger partial charge >= 0.3 is 6.03 Å². The molecule has 3 amide bonds. The smallest absolute Gasteiger partial charge is 0.325 e. The maximum Gasteiger partial charge on any atom is 0.325 e. The van der Waals surface area contributed by atoms with Crippen LogP contribution in [0.5, 0.6) is 0 Å². The van der Waals surface area contributed by atoms with Crippen LogP contribution >= 0.6 is 0 Å². The molecule has 10 heteroatoms. The first-order chi connectivity index (χ1) is 12.5. The number of hydrogen-bond donors (Lipinski definition) is 1. The fraction of sp³-hybridized carbons (Fsp3) is 0.438. The van der Waals surface area contributed by atoms with Crippen LogP contribution in [0.4, 0.5) is 13.6 Å². The van der Waals surface area contributed by atoms with E-state index in [0.29, 0.717) is 18.4 Å². The number of rotatable bonds is 4. The SMILES string of the molecule is O=C1NC2(CCCC2)C(=O)N1Cc1nc(-c2ccc(C(F)F)nc2)no1. The van der Waals surface area contributed by atoms with Gasteiger partial charge in [0, 0.05) is 11.8 Å². The molecule has 26 heavy (non-hydrogen) atoms. The summed E-state index contributed by atoms with van der Waals surface area (Å²) in [5, 5.41) is 6.53. The van der Waals surface area contributed by atoms with Gasteiger partial charge in [-0.1, -0.05) is 18.0 Å². The predicted octanol–water partition coefficient (Wildman–Crippen LogP) is 2.43. The first kappa shape index (κ1) is 16.6. The average Bonchev–Trinajstić information content (AvgIpc) is 3.33. The zero-order valence-corrected chi connectivity index (χ0v) is 13.6. The van der Waals surface area contributed by atoms with Gasteiger partial charge in [-0.2, -0.15) is 4.98 Å². The quantitative estimate of drug-likeness (QED) is 0.837. The summed E-state index contributed by atoms with van der Waals surface area (Å²) in [7, 11) is 0. The van der Waals surface area contributed by atoms with Gasteiger partial charge < -0.3 is 9.84 Å². The van der Waals surface area contributed by atoms with Gasteiger partial charge in [0.25, 0.3) is 12.3 Å². The van der Waals surface area contributed by atoms with Crippen LogP contribution in [-0.4, -0.2) is 37.5 Å². The van der Waals surface area contributed by atoms with Crippen molar-refractivity contribution in [1.29, 1.82) is 0 Å². The van der Waals surface area contributed by atoms with Crippen LogP contribution < -0.4 is 5.32 Å². The maximum atomic E-state index is 12.6. The Morgan fingerprint density at radius 2 is 2.04 bits per heavy atom. The van der Waals surface area contributed by atoms with Crippen LogP contribution in [0.25, 0.3) is 11.4 Å². The van der Waals surface area contributed by atoms with Crippen molar-refractivity contribution in [3.05, 3.63) is 29.9 Å². The van der Waals surface area contributed by atoms with Gasteiger partial charge in [-0.15, -0.1) is 0 Å². The van der Waals surface area contributed by atoms with Crippen LogP contribution in [0, 0.1) is 0 Å². The van der Waals surface area contributed by atoms with Crippen molar-refractivity contribution < 1.29 is 22.9 Å². The number of hydrogen-bond acceptors (Lipinski definition) is 6. The number of nitrogens with zero attached hydrogens (tertiary/aromatic N) is 4. The lowest BCUT2D eigenvalue weighted by Crippen LogP contribution is -2.44. The van der Waals surface area contributed by atoms with E-state index >= 15 is 0 Å². The highest BCUT2D eigenvalue weighted by atomic mass is 19.3. The Bertz CT molecular complexity index is 846. The number of carbonyl (C=O) groups is 2. The van der Waals surface area contributed by atoms with Gasteiger partial charge in [0.05, 0.1) is 0 Å². The minimum Gasteiger partial charge on any atom is -0.337 e. The normalized spacial score (nSPS) is 19.0. The van der Waals surface area contributed by atoms with Crippen LogP contribution in [0.1, 0.15) is 43.7 Å². The molecule has 2 fully saturated rings. The number of nitrogens with one attached hydrogen (secondary N) is 1. The molecule has 1 aliphatic heterocycles. The molecule has 2 aliphatic rings. The topological polar surface area (TPSA) is 101 Å². The second-order valence-corrected chi connectivity index (χ2v) is 6.39. The molecule has 3 heterocycles. The molecule has 2 aromatic heterocycles. The molecule has 1 N–H and O–H groups in total. The molecule has 8 nitrogen and oxygen atoms in total. The number of pyridine rings is 1. The average molecular weight is 363 g/mol. The minimum absolute atomic E-state index is 0.0801. The molecule has 0 radical (unpaired) electrons. The summed E-state index contributed by atoms with van der Waals surface area (Å²) in [6.07, 6.45) is 1.61. The fourth-order valence-electron chi connectivity index (χ4n) is 3.38. The van der Waals surface area contributed by atoms with Crippen LogP contribution in [-0.2, 0) is 11.3 Å². The number of amides is 3. The standard InChI is InChI=1S/C16H15F2N5O3/c17-12(18)10-4-3-9(7-19-10)13-20-11(26-22-13)8-23-14(24)16(21-15(23)25)5-1-2-6-16/h3-4,7,12H,1-2,5-6,8H2,(H,21,25). The van der Waals surface area contributed by atoms with Crippen molar-refractivity contribution >= 4 is 11.9 Å². The van der Waals surface area contributed by atoms with Gasteiger partial charge in [0.2, 0.25) is 11.7 Å². The van der Waals surface area contributed by atoms with E-state index < -0.39 is 18.0 Å². The monoisotopic (exact) mass is 363 g/mol. The van der Waals surface area contributed by atoms with E-state index in [9.17, 15) is 18.4 Å². The second kappa shape index (κ2) is 6.11. The van der Waals surface area contributed by atoms with Gasteiger partial charge in [0.1, 0.15) is 17.8 Å². The fourth-order valence-corrected chi connectivity index (χ4v) is 3.38. The molecular formula is C16H15F2N5O3. The third-order valence-corrected chi connectivity index (χ3v) is 4.73. The molecule has 0 aromatic carbocycles. The Morgan fingerprint density at radius 3 is 2.69 bits per heavy atom. The van der Waals surface area contributed by atoms with E-state index in [-0.39, 0.29) is 29.9 Å². The Kier molecular flexibility index (Phi) is 3.89. The lowest BCUT2D eigenvalue weighted by molar-refractivity contribution is -0.131. The molecule has 1 saturated heterocycles. The van der Waals surface area contributed by atoms with Crippen LogP contribution in [0.15, 0.2) is 22.9 Å². The maximum absolute atomic E-state index is 12.6. The highest BCUT2D eigenvalue weighted by Gasteiger charge is 2.52. The van der Waals surface area contributed by atoms with E-state index in [0.717, 1.165) is 17.7 Å². The third kappa shape index (κ3) is 2.71. The van der Waals surface area contributed by atoms with Gasteiger partial charge in [-0.25, -0.2) is 13.6 Å². The van der Waals surface area contributed by atoms with E-state index in [4.69, 9.17) is 4.52 Å². The van der Waals surface area contributed by atoms with Gasteiger partial charge in [-0.05, 0) is 25.0 Å². The van der Waals surface area contributed by atoms with Crippen molar-refractivity contribution in [3.63, 3.8) is 0 Å². The van der Waals surface area contributed by atoms with Crippen molar-refractivity contribution in [3.8, 4) is 11.4 Å².